The molecular formula is C65H44N2. The SMILES string of the molecule is c1ccc(-c2cccc(N(c3cccc(-c4ccc5ccccc5c4)c3)c3ccc4c(c3)C(c3ccccc3-c3ccccc3)c3ccc5c6ccccc6n(-c6ccccc6)c5c3-4)c2)cc1. The number of hydrogen-bond acceptors (Lipinski definition) is 1. The first kappa shape index (κ1) is 38.7. The van der Waals surface area contributed by atoms with Crippen molar-refractivity contribution >= 4 is 49.6 Å². The first-order valence-corrected chi connectivity index (χ1v) is 23.2. The van der Waals surface area contributed by atoms with Crippen molar-refractivity contribution in [2.75, 3.05) is 4.90 Å². The topological polar surface area (TPSA) is 8.17 Å². The van der Waals surface area contributed by atoms with Crippen LogP contribution in [0.1, 0.15) is 22.6 Å². The second kappa shape index (κ2) is 16.1. The number of hydrogen-bond donors (Lipinski definition) is 0. The Bertz CT molecular complexity index is 3810. The third-order valence-corrected chi connectivity index (χ3v) is 13.8. The van der Waals surface area contributed by atoms with Crippen molar-refractivity contribution < 1.29 is 0 Å². The zero-order chi connectivity index (χ0) is 44.3. The number of para-hydroxylation sites is 2. The molecule has 2 heteroatoms. The lowest BCUT2D eigenvalue weighted by Crippen LogP contribution is -2.11. The van der Waals surface area contributed by atoms with Crippen LogP contribution in [0.5, 0.6) is 0 Å². The van der Waals surface area contributed by atoms with Crippen LogP contribution in [0.15, 0.2) is 261 Å². The molecule has 1 unspecified atom stereocenters. The molecule has 0 saturated carbocycles. The quantitative estimate of drug-likeness (QED) is 0.148. The smallest absolute Gasteiger partial charge is 0.0622 e. The second-order valence-electron chi connectivity index (χ2n) is 17.6. The van der Waals surface area contributed by atoms with Gasteiger partial charge in [0.25, 0.3) is 0 Å². The first-order valence-electron chi connectivity index (χ1n) is 23.2. The molecule has 1 aliphatic carbocycles. The predicted molar refractivity (Wildman–Crippen MR) is 282 cm³/mol. The van der Waals surface area contributed by atoms with Gasteiger partial charge < -0.3 is 9.47 Å². The van der Waals surface area contributed by atoms with Crippen LogP contribution in [0.4, 0.5) is 17.1 Å². The zero-order valence-corrected chi connectivity index (χ0v) is 36.8. The molecule has 0 radical (unpaired) electrons. The minimum atomic E-state index is -0.0329. The maximum atomic E-state index is 2.49. The fraction of sp³-hybridized carbons (Fsp3) is 0.0154. The molecule has 0 aliphatic heterocycles. The fourth-order valence-electron chi connectivity index (χ4n) is 10.8. The largest absolute Gasteiger partial charge is 0.310 e. The van der Waals surface area contributed by atoms with E-state index in [0.717, 1.165) is 22.7 Å². The summed E-state index contributed by atoms with van der Waals surface area (Å²) in [5.74, 6) is -0.0329. The highest BCUT2D eigenvalue weighted by molar-refractivity contribution is 6.16. The van der Waals surface area contributed by atoms with E-state index in [2.05, 4.69) is 270 Å². The molecule has 0 saturated heterocycles. The molecule has 0 fully saturated rings. The molecule has 11 aromatic carbocycles. The van der Waals surface area contributed by atoms with E-state index in [-0.39, 0.29) is 5.92 Å². The standard InChI is InChI=1S/C65H44N2/c1-4-18-44(19-5-1)48-24-16-28-52(41-48)66(53-29-17-25-49(42-53)50-35-34-45-20-10-11-23-47(45)40-50)54-36-37-58-61(43-54)63(57-32-13-12-30-55(57)46-21-6-2-7-22-46)60-39-38-59-56-31-14-15-33-62(56)67(65(59)64(58)60)51-26-8-3-9-27-51/h1-43,63H. The van der Waals surface area contributed by atoms with Gasteiger partial charge in [0.15, 0.2) is 0 Å². The predicted octanol–water partition coefficient (Wildman–Crippen LogP) is 17.6. The van der Waals surface area contributed by atoms with Crippen molar-refractivity contribution in [2.45, 2.75) is 5.92 Å². The van der Waals surface area contributed by atoms with Gasteiger partial charge in [0.2, 0.25) is 0 Å². The number of benzene rings is 11. The summed E-state index contributed by atoms with van der Waals surface area (Å²) in [7, 11) is 0. The molecule has 1 aromatic heterocycles. The van der Waals surface area contributed by atoms with E-state index in [9.17, 15) is 0 Å². The summed E-state index contributed by atoms with van der Waals surface area (Å²) in [6.07, 6.45) is 0. The van der Waals surface area contributed by atoms with Gasteiger partial charge in [0, 0.05) is 45.0 Å². The van der Waals surface area contributed by atoms with Crippen molar-refractivity contribution in [3.05, 3.63) is 278 Å². The molecule has 314 valence electrons. The number of rotatable bonds is 8. The molecule has 0 amide bonds. The molecular weight excluding hydrogens is 809 g/mol. The average molecular weight is 853 g/mol. The van der Waals surface area contributed by atoms with Gasteiger partial charge in [0.05, 0.1) is 11.0 Å². The number of anilines is 3. The molecule has 1 atom stereocenters. The van der Waals surface area contributed by atoms with Gasteiger partial charge in [-0.25, -0.2) is 0 Å². The highest BCUT2D eigenvalue weighted by Gasteiger charge is 2.35. The summed E-state index contributed by atoms with van der Waals surface area (Å²) < 4.78 is 2.49. The van der Waals surface area contributed by atoms with Crippen LogP contribution in [0.2, 0.25) is 0 Å². The summed E-state index contributed by atoms with van der Waals surface area (Å²) in [6.45, 7) is 0. The lowest BCUT2D eigenvalue weighted by Gasteiger charge is -2.28. The summed E-state index contributed by atoms with van der Waals surface area (Å²) in [4.78, 5) is 2.46. The lowest BCUT2D eigenvalue weighted by atomic mass is 9.84. The third-order valence-electron chi connectivity index (χ3n) is 13.8. The van der Waals surface area contributed by atoms with Gasteiger partial charge in [-0.3, -0.25) is 0 Å². The summed E-state index contributed by atoms with van der Waals surface area (Å²) in [5, 5.41) is 4.99. The van der Waals surface area contributed by atoms with E-state index >= 15 is 0 Å². The summed E-state index contributed by atoms with van der Waals surface area (Å²) in [5.41, 5.74) is 20.6. The Morgan fingerprint density at radius 3 is 1.69 bits per heavy atom. The molecule has 1 heterocycles. The van der Waals surface area contributed by atoms with Gasteiger partial charge in [0.1, 0.15) is 0 Å². The van der Waals surface area contributed by atoms with Gasteiger partial charge in [-0.05, 0) is 127 Å². The minimum absolute atomic E-state index is 0.0329. The van der Waals surface area contributed by atoms with E-state index < -0.39 is 0 Å². The van der Waals surface area contributed by atoms with Crippen LogP contribution in [0.25, 0.3) is 82.8 Å². The van der Waals surface area contributed by atoms with E-state index in [4.69, 9.17) is 0 Å². The Morgan fingerprint density at radius 1 is 0.313 bits per heavy atom. The van der Waals surface area contributed by atoms with Crippen LogP contribution >= 0.6 is 0 Å². The van der Waals surface area contributed by atoms with Crippen molar-refractivity contribution in [3.63, 3.8) is 0 Å². The van der Waals surface area contributed by atoms with Gasteiger partial charge in [-0.2, -0.15) is 0 Å². The third kappa shape index (κ3) is 6.57. The van der Waals surface area contributed by atoms with Crippen molar-refractivity contribution in [2.24, 2.45) is 0 Å². The number of aromatic nitrogens is 1. The van der Waals surface area contributed by atoms with Crippen LogP contribution in [-0.2, 0) is 0 Å². The lowest BCUT2D eigenvalue weighted by molar-refractivity contribution is 1.02. The van der Waals surface area contributed by atoms with Crippen molar-refractivity contribution in [3.8, 4) is 50.2 Å². The summed E-state index contributed by atoms with van der Waals surface area (Å²) >= 11 is 0. The fourth-order valence-corrected chi connectivity index (χ4v) is 10.8. The van der Waals surface area contributed by atoms with E-state index in [1.54, 1.807) is 0 Å². The molecule has 0 spiro atoms. The summed E-state index contributed by atoms with van der Waals surface area (Å²) in [6, 6.07) is 95.9. The maximum absolute atomic E-state index is 2.49. The van der Waals surface area contributed by atoms with E-state index in [1.807, 2.05) is 0 Å². The molecule has 2 nitrogen and oxygen atoms in total. The maximum Gasteiger partial charge on any atom is 0.0622 e. The zero-order valence-electron chi connectivity index (χ0n) is 36.8. The Balaban J connectivity index is 1.07. The van der Waals surface area contributed by atoms with Crippen LogP contribution in [0, 0.1) is 0 Å². The number of nitrogens with zero attached hydrogens (tertiary/aromatic N) is 2. The Hall–Kier alpha value is -8.72. The average Bonchev–Trinajstić information content (AvgIpc) is 3.92. The van der Waals surface area contributed by atoms with Gasteiger partial charge in [-0.15, -0.1) is 0 Å². The molecule has 0 bridgehead atoms. The minimum Gasteiger partial charge on any atom is -0.310 e. The van der Waals surface area contributed by atoms with Crippen LogP contribution in [0.3, 0.4) is 0 Å². The normalized spacial score (nSPS) is 12.9. The molecule has 13 rings (SSSR count). The Kier molecular flexibility index (Phi) is 9.28. The highest BCUT2D eigenvalue weighted by Crippen LogP contribution is 2.55. The Morgan fingerprint density at radius 2 is 0.910 bits per heavy atom. The molecule has 0 N–H and O–H groups in total. The molecule has 67 heavy (non-hydrogen) atoms. The second-order valence-corrected chi connectivity index (χ2v) is 17.6. The van der Waals surface area contributed by atoms with Gasteiger partial charge >= 0.3 is 0 Å². The van der Waals surface area contributed by atoms with Crippen LogP contribution in [-0.4, -0.2) is 4.57 Å². The number of fused-ring (bicyclic) bond motifs is 8. The molecule has 1 aliphatic rings. The van der Waals surface area contributed by atoms with Crippen molar-refractivity contribution in [1.82, 2.24) is 4.57 Å². The Labute approximate surface area is 390 Å². The van der Waals surface area contributed by atoms with Gasteiger partial charge in [-0.1, -0.05) is 200 Å². The monoisotopic (exact) mass is 852 g/mol. The highest BCUT2D eigenvalue weighted by atomic mass is 15.1. The van der Waals surface area contributed by atoms with Crippen LogP contribution < -0.4 is 4.90 Å². The van der Waals surface area contributed by atoms with E-state index in [1.165, 1.54) is 93.8 Å². The first-order chi connectivity index (χ1) is 33.2. The molecule has 12 aromatic rings. The van der Waals surface area contributed by atoms with E-state index in [0.29, 0.717) is 0 Å². The van der Waals surface area contributed by atoms with Crippen molar-refractivity contribution in [1.29, 1.82) is 0 Å².